The van der Waals surface area contributed by atoms with Crippen molar-refractivity contribution in [2.45, 2.75) is 6.04 Å². The third-order valence-corrected chi connectivity index (χ3v) is 1.28. The Morgan fingerprint density at radius 3 is 3.00 bits per heavy atom. The maximum absolute atomic E-state index is 10.9. The van der Waals surface area contributed by atoms with Crippen molar-refractivity contribution in [2.75, 3.05) is 19.8 Å². The first-order valence-corrected chi connectivity index (χ1v) is 3.06. The van der Waals surface area contributed by atoms with Crippen molar-refractivity contribution in [3.05, 3.63) is 0 Å². The van der Waals surface area contributed by atoms with E-state index in [9.17, 15) is 4.79 Å². The number of nitrogens with zero attached hydrogens (tertiary/aromatic N) is 1. The SMILES string of the molecule is N[C@H]1CON(CCO)C1=O. The molecule has 58 valence electrons. The van der Waals surface area contributed by atoms with E-state index in [1.165, 1.54) is 0 Å². The van der Waals surface area contributed by atoms with Gasteiger partial charge in [-0.25, -0.2) is 5.06 Å². The number of aliphatic hydroxyl groups excluding tert-OH is 1. The Bertz CT molecular complexity index is 137. The van der Waals surface area contributed by atoms with Gasteiger partial charge in [0.25, 0.3) is 5.91 Å². The van der Waals surface area contributed by atoms with Crippen LogP contribution in [0.25, 0.3) is 0 Å². The minimum absolute atomic E-state index is 0.0988. The molecule has 0 spiro atoms. The normalized spacial score (nSPS) is 26.0. The second-order valence-corrected chi connectivity index (χ2v) is 2.07. The lowest BCUT2D eigenvalue weighted by Gasteiger charge is -2.10. The summed E-state index contributed by atoms with van der Waals surface area (Å²) in [5.41, 5.74) is 5.30. The lowest BCUT2D eigenvalue weighted by atomic mass is 10.3. The quantitative estimate of drug-likeness (QED) is 0.476. The predicted octanol–water partition coefficient (Wildman–Crippen LogP) is -1.92. The Balaban J connectivity index is 2.41. The standard InChI is InChI=1S/C5H10N2O3/c6-4-3-10-7(1-2-8)5(4)9/h4,8H,1-3,6H2/t4-/m0/s1. The Morgan fingerprint density at radius 2 is 2.60 bits per heavy atom. The second-order valence-electron chi connectivity index (χ2n) is 2.07. The number of rotatable bonds is 2. The highest BCUT2D eigenvalue weighted by Crippen LogP contribution is 2.03. The van der Waals surface area contributed by atoms with Gasteiger partial charge in [0.15, 0.2) is 0 Å². The molecule has 1 fully saturated rings. The zero-order valence-corrected chi connectivity index (χ0v) is 5.49. The molecule has 1 heterocycles. The van der Waals surface area contributed by atoms with E-state index in [2.05, 4.69) is 0 Å². The van der Waals surface area contributed by atoms with Crippen molar-refractivity contribution < 1.29 is 14.7 Å². The Kier molecular flexibility index (Phi) is 2.21. The van der Waals surface area contributed by atoms with Gasteiger partial charge in [0.1, 0.15) is 6.04 Å². The average Bonchev–Trinajstić information content (AvgIpc) is 2.20. The molecule has 0 radical (unpaired) electrons. The third-order valence-electron chi connectivity index (χ3n) is 1.28. The molecule has 3 N–H and O–H groups in total. The zero-order chi connectivity index (χ0) is 7.56. The summed E-state index contributed by atoms with van der Waals surface area (Å²) < 4.78 is 0. The number of hydrogen-bond donors (Lipinski definition) is 2. The molecule has 1 atom stereocenters. The molecule has 10 heavy (non-hydrogen) atoms. The molecule has 0 saturated carbocycles. The van der Waals surface area contributed by atoms with Gasteiger partial charge >= 0.3 is 0 Å². The molecule has 0 aromatic rings. The Hall–Kier alpha value is -0.650. The summed E-state index contributed by atoms with van der Waals surface area (Å²) in [5.74, 6) is -0.256. The van der Waals surface area contributed by atoms with Crippen LogP contribution >= 0.6 is 0 Å². The molecular weight excluding hydrogens is 136 g/mol. The number of aliphatic hydroxyl groups is 1. The number of amides is 1. The van der Waals surface area contributed by atoms with Crippen LogP contribution in [0.3, 0.4) is 0 Å². The van der Waals surface area contributed by atoms with E-state index in [1.807, 2.05) is 0 Å². The highest BCUT2D eigenvalue weighted by molar-refractivity contribution is 5.82. The molecule has 5 nitrogen and oxygen atoms in total. The van der Waals surface area contributed by atoms with Gasteiger partial charge < -0.3 is 10.8 Å². The molecule has 0 aromatic carbocycles. The van der Waals surface area contributed by atoms with Gasteiger partial charge in [-0.05, 0) is 0 Å². The fourth-order valence-corrected chi connectivity index (χ4v) is 0.756. The van der Waals surface area contributed by atoms with Gasteiger partial charge in [-0.2, -0.15) is 0 Å². The summed E-state index contributed by atoms with van der Waals surface area (Å²) in [6.07, 6.45) is 0. The molecule has 0 aromatic heterocycles. The topological polar surface area (TPSA) is 75.8 Å². The monoisotopic (exact) mass is 146 g/mol. The summed E-state index contributed by atoms with van der Waals surface area (Å²) in [7, 11) is 0. The molecular formula is C5H10N2O3. The maximum atomic E-state index is 10.9. The lowest BCUT2D eigenvalue weighted by Crippen LogP contribution is -2.35. The predicted molar refractivity (Wildman–Crippen MR) is 32.7 cm³/mol. The van der Waals surface area contributed by atoms with Crippen LogP contribution in [-0.4, -0.2) is 41.9 Å². The molecule has 0 unspecified atom stereocenters. The molecule has 1 amide bonds. The number of carbonyl (C=O) groups is 1. The van der Waals surface area contributed by atoms with E-state index < -0.39 is 6.04 Å². The Labute approximate surface area is 58.3 Å². The Morgan fingerprint density at radius 1 is 1.90 bits per heavy atom. The summed E-state index contributed by atoms with van der Waals surface area (Å²) in [6, 6.07) is -0.549. The van der Waals surface area contributed by atoms with Crippen LogP contribution in [0.4, 0.5) is 0 Å². The summed E-state index contributed by atoms with van der Waals surface area (Å²) >= 11 is 0. The summed E-state index contributed by atoms with van der Waals surface area (Å²) in [6.45, 7) is 0.323. The van der Waals surface area contributed by atoms with E-state index in [1.54, 1.807) is 0 Å². The van der Waals surface area contributed by atoms with Gasteiger partial charge in [0, 0.05) is 0 Å². The highest BCUT2D eigenvalue weighted by Gasteiger charge is 2.29. The van der Waals surface area contributed by atoms with Crippen molar-refractivity contribution in [2.24, 2.45) is 5.73 Å². The highest BCUT2D eigenvalue weighted by atomic mass is 16.7. The van der Waals surface area contributed by atoms with Crippen molar-refractivity contribution in [1.82, 2.24) is 5.06 Å². The molecule has 0 bridgehead atoms. The smallest absolute Gasteiger partial charge is 0.265 e. The first-order valence-electron chi connectivity index (χ1n) is 3.06. The van der Waals surface area contributed by atoms with Crippen molar-refractivity contribution >= 4 is 5.91 Å². The van der Waals surface area contributed by atoms with Crippen LogP contribution in [-0.2, 0) is 9.63 Å². The van der Waals surface area contributed by atoms with Gasteiger partial charge in [-0.1, -0.05) is 0 Å². The van der Waals surface area contributed by atoms with Crippen LogP contribution in [0, 0.1) is 0 Å². The number of hydrogen-bond acceptors (Lipinski definition) is 4. The largest absolute Gasteiger partial charge is 0.394 e. The van der Waals surface area contributed by atoms with E-state index in [-0.39, 0.29) is 25.7 Å². The van der Waals surface area contributed by atoms with Crippen molar-refractivity contribution in [1.29, 1.82) is 0 Å². The average molecular weight is 146 g/mol. The second kappa shape index (κ2) is 2.96. The fourth-order valence-electron chi connectivity index (χ4n) is 0.756. The molecule has 1 aliphatic rings. The van der Waals surface area contributed by atoms with Gasteiger partial charge in [0.2, 0.25) is 0 Å². The number of hydroxylamine groups is 2. The summed E-state index contributed by atoms with van der Waals surface area (Å²) in [4.78, 5) is 15.7. The minimum Gasteiger partial charge on any atom is -0.394 e. The third kappa shape index (κ3) is 1.26. The lowest BCUT2D eigenvalue weighted by molar-refractivity contribution is -0.163. The molecule has 1 saturated heterocycles. The van der Waals surface area contributed by atoms with Gasteiger partial charge in [0.05, 0.1) is 19.8 Å². The van der Waals surface area contributed by atoms with E-state index in [0.29, 0.717) is 0 Å². The number of carbonyl (C=O) groups excluding carboxylic acids is 1. The van der Waals surface area contributed by atoms with Crippen LogP contribution < -0.4 is 5.73 Å². The number of nitrogens with two attached hydrogens (primary N) is 1. The molecule has 0 aliphatic carbocycles. The van der Waals surface area contributed by atoms with Crippen molar-refractivity contribution in [3.63, 3.8) is 0 Å². The first-order chi connectivity index (χ1) is 4.75. The van der Waals surface area contributed by atoms with Crippen LogP contribution in [0.1, 0.15) is 0 Å². The van der Waals surface area contributed by atoms with Crippen LogP contribution in [0.15, 0.2) is 0 Å². The van der Waals surface area contributed by atoms with Crippen molar-refractivity contribution in [3.8, 4) is 0 Å². The zero-order valence-electron chi connectivity index (χ0n) is 5.49. The van der Waals surface area contributed by atoms with Gasteiger partial charge in [-0.3, -0.25) is 9.63 Å². The molecule has 1 aliphatic heterocycles. The van der Waals surface area contributed by atoms with Crippen LogP contribution in [0.2, 0.25) is 0 Å². The minimum atomic E-state index is -0.549. The first kappa shape index (κ1) is 7.46. The molecule has 5 heteroatoms. The van der Waals surface area contributed by atoms with Crippen LogP contribution in [0.5, 0.6) is 0 Å². The van der Waals surface area contributed by atoms with E-state index >= 15 is 0 Å². The van der Waals surface area contributed by atoms with Gasteiger partial charge in [-0.15, -0.1) is 0 Å². The van der Waals surface area contributed by atoms with E-state index in [4.69, 9.17) is 15.7 Å². The molecule has 1 rings (SSSR count). The van der Waals surface area contributed by atoms with E-state index in [0.717, 1.165) is 5.06 Å². The number of β-amino-alcohol motifs (C(OH)–C–C–N with tert-alkyl or cyclic N) is 1. The fraction of sp³-hybridized carbons (Fsp3) is 0.800. The summed E-state index contributed by atoms with van der Waals surface area (Å²) in [5, 5.41) is 9.50. The maximum Gasteiger partial charge on any atom is 0.265 e.